The van der Waals surface area contributed by atoms with E-state index in [4.69, 9.17) is 9.90 Å². The second-order valence-electron chi connectivity index (χ2n) is 5.85. The Hall–Kier alpha value is -2.89. The summed E-state index contributed by atoms with van der Waals surface area (Å²) in [7, 11) is 1.55. The monoisotopic (exact) mass is 479 g/mol. The Morgan fingerprint density at radius 1 is 1.28 bits per heavy atom. The Kier molecular flexibility index (Phi) is 6.67. The fraction of sp³-hybridized carbons (Fsp3) is 0.235. The summed E-state index contributed by atoms with van der Waals surface area (Å²) < 4.78 is 47.7. The maximum atomic E-state index is 14.0. The van der Waals surface area contributed by atoms with Gasteiger partial charge in [-0.2, -0.15) is 13.2 Å². The van der Waals surface area contributed by atoms with Crippen LogP contribution in [-0.4, -0.2) is 34.3 Å². The number of pyridine rings is 1. The molecule has 0 saturated heterocycles. The van der Waals surface area contributed by atoms with E-state index in [1.807, 2.05) is 0 Å². The van der Waals surface area contributed by atoms with Crippen molar-refractivity contribution in [1.29, 1.82) is 0 Å². The van der Waals surface area contributed by atoms with Gasteiger partial charge in [-0.05, 0) is 30.2 Å². The Bertz CT molecular complexity index is 1020. The highest BCUT2D eigenvalue weighted by atomic mass is 79.9. The molecular weight excluding hydrogens is 466 g/mol. The smallest absolute Gasteiger partial charge is 0.475 e. The van der Waals surface area contributed by atoms with E-state index < -0.39 is 18.0 Å². The van der Waals surface area contributed by atoms with E-state index in [1.165, 1.54) is 16.7 Å². The Labute approximate surface area is 169 Å². The number of hydrogen-bond donors (Lipinski definition) is 3. The fourth-order valence-corrected chi connectivity index (χ4v) is 2.80. The van der Waals surface area contributed by atoms with Gasteiger partial charge in [0.2, 0.25) is 0 Å². The number of amides is 1. The summed E-state index contributed by atoms with van der Waals surface area (Å²) in [6.45, 7) is 0.491. The van der Waals surface area contributed by atoms with Crippen LogP contribution in [0.5, 0.6) is 0 Å². The molecule has 3 N–H and O–H groups in total. The number of nitrogens with zero attached hydrogens (tertiary/aromatic N) is 1. The predicted octanol–water partition coefficient (Wildman–Crippen LogP) is 2.95. The Morgan fingerprint density at radius 2 is 1.90 bits per heavy atom. The number of aliphatic carboxylic acids is 1. The number of hydrogen-bond acceptors (Lipinski definition) is 4. The van der Waals surface area contributed by atoms with Crippen LogP contribution in [0.4, 0.5) is 29.1 Å². The average molecular weight is 480 g/mol. The van der Waals surface area contributed by atoms with Crippen molar-refractivity contribution >= 4 is 39.3 Å². The maximum Gasteiger partial charge on any atom is 0.490 e. The van der Waals surface area contributed by atoms with Crippen LogP contribution < -0.4 is 16.2 Å². The second-order valence-corrected chi connectivity index (χ2v) is 6.76. The van der Waals surface area contributed by atoms with Crippen molar-refractivity contribution in [2.75, 3.05) is 11.9 Å². The molecule has 1 aliphatic heterocycles. The first-order valence-corrected chi connectivity index (χ1v) is 8.74. The molecule has 1 amide bonds. The Balaban J connectivity index is 0.000000370. The van der Waals surface area contributed by atoms with E-state index in [-0.39, 0.29) is 17.2 Å². The van der Waals surface area contributed by atoms with Gasteiger partial charge >= 0.3 is 12.1 Å². The molecule has 7 nitrogen and oxygen atoms in total. The molecule has 0 unspecified atom stereocenters. The molecule has 2 aromatic rings. The molecule has 12 heteroatoms. The van der Waals surface area contributed by atoms with E-state index in [1.54, 1.807) is 19.2 Å². The molecule has 1 aliphatic rings. The number of carbonyl (C=O) groups is 2. The summed E-state index contributed by atoms with van der Waals surface area (Å²) in [5.74, 6) is -3.21. The van der Waals surface area contributed by atoms with E-state index >= 15 is 0 Å². The van der Waals surface area contributed by atoms with Crippen molar-refractivity contribution < 1.29 is 32.3 Å². The number of anilines is 2. The average Bonchev–Trinajstić information content (AvgIpc) is 2.60. The van der Waals surface area contributed by atoms with Gasteiger partial charge in [-0.3, -0.25) is 14.2 Å². The van der Waals surface area contributed by atoms with Gasteiger partial charge in [0.25, 0.3) is 11.5 Å². The summed E-state index contributed by atoms with van der Waals surface area (Å²) in [6, 6.07) is 6.00. The molecule has 0 fully saturated rings. The van der Waals surface area contributed by atoms with Gasteiger partial charge in [0.15, 0.2) is 0 Å². The van der Waals surface area contributed by atoms with Crippen LogP contribution in [0.25, 0.3) is 0 Å². The van der Waals surface area contributed by atoms with Crippen LogP contribution in [0.3, 0.4) is 0 Å². The van der Waals surface area contributed by atoms with Gasteiger partial charge in [-0.25, -0.2) is 9.18 Å². The van der Waals surface area contributed by atoms with Crippen LogP contribution in [0.1, 0.15) is 15.9 Å². The molecule has 156 valence electrons. The number of benzene rings is 1. The molecule has 1 aromatic carbocycles. The number of fused-ring (bicyclic) bond motifs is 1. The topological polar surface area (TPSA) is 100 Å². The van der Waals surface area contributed by atoms with Crippen LogP contribution in [-0.2, 0) is 18.3 Å². The first-order valence-electron chi connectivity index (χ1n) is 7.95. The summed E-state index contributed by atoms with van der Waals surface area (Å²) in [5.41, 5.74) is 1.01. The third-order valence-corrected chi connectivity index (χ3v) is 4.35. The van der Waals surface area contributed by atoms with Crippen LogP contribution in [0.15, 0.2) is 33.5 Å². The highest BCUT2D eigenvalue weighted by molar-refractivity contribution is 9.10. The molecule has 0 saturated carbocycles. The largest absolute Gasteiger partial charge is 0.490 e. The number of halogens is 5. The van der Waals surface area contributed by atoms with Gasteiger partial charge in [0.1, 0.15) is 11.6 Å². The van der Waals surface area contributed by atoms with E-state index in [0.717, 1.165) is 0 Å². The van der Waals surface area contributed by atoms with Crippen molar-refractivity contribution in [1.82, 2.24) is 9.88 Å². The standard InChI is InChI=1S/C15H13BrFN3O2.C2HF3O2/c1-20-12(21)6-8-4-5-18-15(22)13(8)14(20)19-11-3-2-9(16)7-10(11)17;3-2(4,5)1(6)7/h2-3,6-7,19H,4-5H2,1H3,(H,18,22);(H,6,7). The summed E-state index contributed by atoms with van der Waals surface area (Å²) >= 11 is 3.19. The molecule has 2 heterocycles. The highest BCUT2D eigenvalue weighted by Gasteiger charge is 2.38. The summed E-state index contributed by atoms with van der Waals surface area (Å²) in [4.78, 5) is 33.1. The van der Waals surface area contributed by atoms with Gasteiger partial charge in [0.05, 0.1) is 11.3 Å². The van der Waals surface area contributed by atoms with Crippen molar-refractivity contribution in [3.63, 3.8) is 0 Å². The lowest BCUT2D eigenvalue weighted by molar-refractivity contribution is -0.192. The lowest BCUT2D eigenvalue weighted by atomic mass is 10.0. The maximum absolute atomic E-state index is 14.0. The molecule has 1 aromatic heterocycles. The first-order chi connectivity index (χ1) is 13.4. The lowest BCUT2D eigenvalue weighted by Gasteiger charge is -2.22. The lowest BCUT2D eigenvalue weighted by Crippen LogP contribution is -2.36. The van der Waals surface area contributed by atoms with Gasteiger partial charge < -0.3 is 15.7 Å². The molecular formula is C17H14BrF4N3O4. The molecule has 0 spiro atoms. The zero-order chi connectivity index (χ0) is 21.9. The number of aromatic nitrogens is 1. The van der Waals surface area contributed by atoms with E-state index in [9.17, 15) is 27.2 Å². The second kappa shape index (κ2) is 8.64. The number of carboxylic acid groups (broad SMARTS) is 1. The number of carbonyl (C=O) groups excluding carboxylic acids is 1. The minimum absolute atomic E-state index is 0.199. The fourth-order valence-electron chi connectivity index (χ4n) is 2.46. The van der Waals surface area contributed by atoms with Gasteiger partial charge in [-0.15, -0.1) is 0 Å². The normalized spacial score (nSPS) is 13.0. The van der Waals surface area contributed by atoms with Crippen LogP contribution >= 0.6 is 15.9 Å². The number of carboxylic acids is 1. The third-order valence-electron chi connectivity index (χ3n) is 3.86. The zero-order valence-corrected chi connectivity index (χ0v) is 16.3. The highest BCUT2D eigenvalue weighted by Crippen LogP contribution is 2.27. The van der Waals surface area contributed by atoms with E-state index in [0.29, 0.717) is 34.4 Å². The number of nitrogens with one attached hydrogen (secondary N) is 2. The third kappa shape index (κ3) is 5.34. The molecule has 3 rings (SSSR count). The van der Waals surface area contributed by atoms with Crippen molar-refractivity contribution in [3.05, 3.63) is 56.0 Å². The van der Waals surface area contributed by atoms with Crippen molar-refractivity contribution in [2.24, 2.45) is 7.05 Å². The summed E-state index contributed by atoms with van der Waals surface area (Å²) in [5, 5.41) is 12.7. The van der Waals surface area contributed by atoms with Crippen molar-refractivity contribution in [3.8, 4) is 0 Å². The zero-order valence-electron chi connectivity index (χ0n) is 14.7. The predicted molar refractivity (Wildman–Crippen MR) is 98.8 cm³/mol. The molecule has 0 radical (unpaired) electrons. The molecule has 0 bridgehead atoms. The van der Waals surface area contributed by atoms with Crippen molar-refractivity contribution in [2.45, 2.75) is 12.6 Å². The van der Waals surface area contributed by atoms with Crippen LogP contribution in [0.2, 0.25) is 0 Å². The number of rotatable bonds is 2. The minimum Gasteiger partial charge on any atom is -0.475 e. The SMILES string of the molecule is Cn1c(Nc2ccc(Br)cc2F)c2c(cc1=O)CCNC2=O.O=C(O)C(F)(F)F. The van der Waals surface area contributed by atoms with E-state index in [2.05, 4.69) is 26.6 Å². The Morgan fingerprint density at radius 3 is 2.45 bits per heavy atom. The van der Waals surface area contributed by atoms with Crippen LogP contribution in [0, 0.1) is 5.82 Å². The quantitative estimate of drug-likeness (QED) is 0.575. The molecule has 29 heavy (non-hydrogen) atoms. The minimum atomic E-state index is -5.08. The number of alkyl halides is 3. The summed E-state index contributed by atoms with van der Waals surface area (Å²) in [6.07, 6.45) is -4.51. The molecule has 0 aliphatic carbocycles. The first kappa shape index (κ1) is 22.4. The molecule has 0 atom stereocenters. The van der Waals surface area contributed by atoms with Gasteiger partial charge in [-0.1, -0.05) is 15.9 Å². The van der Waals surface area contributed by atoms with Gasteiger partial charge in [0, 0.05) is 24.1 Å².